The van der Waals surface area contributed by atoms with Crippen LogP contribution in [0, 0.1) is 10.1 Å². The zero-order valence-electron chi connectivity index (χ0n) is 9.81. The number of primary amides is 1. The van der Waals surface area contributed by atoms with Gasteiger partial charge in [-0.15, -0.1) is 0 Å². The third kappa shape index (κ3) is 5.50. The first-order valence-corrected chi connectivity index (χ1v) is 4.45. The van der Waals surface area contributed by atoms with E-state index in [-0.39, 0.29) is 35.3 Å². The van der Waals surface area contributed by atoms with E-state index in [9.17, 15) is 24.8 Å². The molecule has 1 aromatic rings. The van der Waals surface area contributed by atoms with Crippen LogP contribution in [0.2, 0.25) is 0 Å². The smallest absolute Gasteiger partial charge is 0.548 e. The van der Waals surface area contributed by atoms with Gasteiger partial charge in [0.1, 0.15) is 4.92 Å². The van der Waals surface area contributed by atoms with Gasteiger partial charge < -0.3 is 20.1 Å². The van der Waals surface area contributed by atoms with Crippen molar-refractivity contribution in [1.29, 1.82) is 0 Å². The molecule has 0 aromatic carbocycles. The number of amides is 2. The maximum atomic E-state index is 10.8. The molecule has 0 fully saturated rings. The van der Waals surface area contributed by atoms with Gasteiger partial charge >= 0.3 is 41.5 Å². The standard InChI is InChI=1S/C8H8N4O6.Na/c9-8(15)11(4-7(13)14)10-3-5-1-2-6(18-5)12(16)17;/h1-3H,4H2,(H2,9,15)(H,13,14);/q;+1/p-1. The second-order valence-corrected chi connectivity index (χ2v) is 2.95. The monoisotopic (exact) mass is 278 g/mol. The largest absolute Gasteiger partial charge is 1.00 e. The minimum atomic E-state index is -1.56. The van der Waals surface area contributed by atoms with Crippen LogP contribution in [-0.2, 0) is 4.79 Å². The molecule has 0 aliphatic heterocycles. The molecule has 1 rings (SSSR count). The van der Waals surface area contributed by atoms with E-state index in [1.165, 1.54) is 6.07 Å². The van der Waals surface area contributed by atoms with E-state index < -0.39 is 29.4 Å². The topological polar surface area (TPSA) is 155 Å². The van der Waals surface area contributed by atoms with Gasteiger partial charge in [0.05, 0.1) is 24.8 Å². The van der Waals surface area contributed by atoms with Crippen molar-refractivity contribution in [2.24, 2.45) is 10.8 Å². The molecule has 0 aliphatic rings. The van der Waals surface area contributed by atoms with Crippen LogP contribution in [-0.4, -0.2) is 34.7 Å². The van der Waals surface area contributed by atoms with Crippen LogP contribution >= 0.6 is 0 Å². The predicted octanol–water partition coefficient (Wildman–Crippen LogP) is -4.34. The molecule has 1 heterocycles. The number of furan rings is 1. The first-order valence-electron chi connectivity index (χ1n) is 4.45. The van der Waals surface area contributed by atoms with Crippen molar-refractivity contribution < 1.29 is 53.6 Å². The number of carbonyl (C=O) groups excluding carboxylic acids is 2. The first kappa shape index (κ1) is 17.1. The van der Waals surface area contributed by atoms with Gasteiger partial charge in [0.2, 0.25) is 0 Å². The number of urea groups is 1. The summed E-state index contributed by atoms with van der Waals surface area (Å²) in [5.74, 6) is -2.11. The van der Waals surface area contributed by atoms with Crippen LogP contribution in [0.15, 0.2) is 21.7 Å². The molecular weight excluding hydrogens is 271 g/mol. The average Bonchev–Trinajstić information content (AvgIpc) is 2.72. The fourth-order valence-electron chi connectivity index (χ4n) is 0.934. The van der Waals surface area contributed by atoms with Gasteiger partial charge in [0.25, 0.3) is 0 Å². The van der Waals surface area contributed by atoms with Gasteiger partial charge in [0, 0.05) is 0 Å². The summed E-state index contributed by atoms with van der Waals surface area (Å²) in [5.41, 5.74) is 4.85. The van der Waals surface area contributed by atoms with Gasteiger partial charge in [-0.3, -0.25) is 10.1 Å². The molecule has 0 atom stereocenters. The predicted molar refractivity (Wildman–Crippen MR) is 54.3 cm³/mol. The Hall–Kier alpha value is -1.91. The molecule has 0 saturated heterocycles. The van der Waals surface area contributed by atoms with E-state index in [1.807, 2.05) is 0 Å². The quantitative estimate of drug-likeness (QED) is 0.248. The fraction of sp³-hybridized carbons (Fsp3) is 0.125. The van der Waals surface area contributed by atoms with Crippen LogP contribution < -0.4 is 40.4 Å². The Labute approximate surface area is 128 Å². The van der Waals surface area contributed by atoms with E-state index in [1.54, 1.807) is 0 Å². The van der Waals surface area contributed by atoms with Crippen molar-refractivity contribution in [3.63, 3.8) is 0 Å². The molecule has 0 bridgehead atoms. The molecule has 0 aliphatic carbocycles. The number of nitrogens with two attached hydrogens (primary N) is 1. The number of carboxylic acids is 1. The number of hydrazone groups is 1. The Morgan fingerprint density at radius 1 is 1.53 bits per heavy atom. The Morgan fingerprint density at radius 3 is 2.58 bits per heavy atom. The van der Waals surface area contributed by atoms with E-state index in [0.717, 1.165) is 12.3 Å². The Bertz CT molecular complexity index is 513. The van der Waals surface area contributed by atoms with Crippen molar-refractivity contribution in [2.45, 2.75) is 0 Å². The van der Waals surface area contributed by atoms with E-state index in [4.69, 9.17) is 5.73 Å². The van der Waals surface area contributed by atoms with Crippen molar-refractivity contribution >= 4 is 24.1 Å². The molecule has 11 heteroatoms. The number of carbonyl (C=O) groups is 2. The van der Waals surface area contributed by atoms with Crippen LogP contribution in [0.4, 0.5) is 10.7 Å². The van der Waals surface area contributed by atoms with Gasteiger partial charge in [-0.05, 0) is 6.07 Å². The van der Waals surface area contributed by atoms with E-state index >= 15 is 0 Å². The van der Waals surface area contributed by atoms with Crippen molar-refractivity contribution in [1.82, 2.24) is 5.01 Å². The maximum absolute atomic E-state index is 10.8. The SMILES string of the molecule is NC(=O)N(CC(=O)[O-])N=Cc1ccc([N+](=O)[O-])o1.[Na+]. The van der Waals surface area contributed by atoms with E-state index in [2.05, 4.69) is 9.52 Å². The molecule has 0 spiro atoms. The van der Waals surface area contributed by atoms with Crippen LogP contribution in [0.3, 0.4) is 0 Å². The Balaban J connectivity index is 0.00000324. The number of nitro groups is 1. The normalized spacial score (nSPS) is 9.89. The summed E-state index contributed by atoms with van der Waals surface area (Å²) in [4.78, 5) is 30.6. The molecule has 0 saturated carbocycles. The number of aliphatic carboxylic acids is 1. The van der Waals surface area contributed by atoms with Crippen molar-refractivity contribution in [3.8, 4) is 0 Å². The third-order valence-electron chi connectivity index (χ3n) is 1.65. The molecule has 0 radical (unpaired) electrons. The van der Waals surface area contributed by atoms with E-state index in [0.29, 0.717) is 5.01 Å². The summed E-state index contributed by atoms with van der Waals surface area (Å²) < 4.78 is 4.69. The molecule has 1 aromatic heterocycles. The Kier molecular flexibility index (Phi) is 6.75. The number of hydrogen-bond acceptors (Lipinski definition) is 7. The molecule has 2 amide bonds. The first-order chi connectivity index (χ1) is 8.40. The van der Waals surface area contributed by atoms with Gasteiger partial charge in [-0.2, -0.15) is 5.10 Å². The minimum absolute atomic E-state index is 0. The van der Waals surface area contributed by atoms with Crippen molar-refractivity contribution in [3.05, 3.63) is 28.0 Å². The number of carboxylic acid groups (broad SMARTS) is 1. The molecular formula is C8H7N4NaO6. The molecule has 0 unspecified atom stereocenters. The maximum Gasteiger partial charge on any atom is 1.00 e. The zero-order chi connectivity index (χ0) is 13.7. The second kappa shape index (κ2) is 7.51. The zero-order valence-corrected chi connectivity index (χ0v) is 11.8. The van der Waals surface area contributed by atoms with Gasteiger partial charge in [-0.1, -0.05) is 0 Å². The van der Waals surface area contributed by atoms with Crippen LogP contribution in [0.25, 0.3) is 0 Å². The summed E-state index contributed by atoms with van der Waals surface area (Å²) in [6.45, 7) is -0.839. The molecule has 96 valence electrons. The number of rotatable bonds is 5. The fourth-order valence-corrected chi connectivity index (χ4v) is 0.934. The molecule has 19 heavy (non-hydrogen) atoms. The average molecular weight is 278 g/mol. The van der Waals surface area contributed by atoms with Crippen LogP contribution in [0.5, 0.6) is 0 Å². The van der Waals surface area contributed by atoms with Crippen LogP contribution in [0.1, 0.15) is 5.76 Å². The number of hydrogen-bond donors (Lipinski definition) is 1. The summed E-state index contributed by atoms with van der Waals surface area (Å²) in [6, 6.07) is 1.19. The molecule has 2 N–H and O–H groups in total. The third-order valence-corrected chi connectivity index (χ3v) is 1.65. The number of nitrogens with zero attached hydrogens (tertiary/aromatic N) is 3. The summed E-state index contributed by atoms with van der Waals surface area (Å²) in [6.07, 6.45) is 0.917. The molecule has 10 nitrogen and oxygen atoms in total. The van der Waals surface area contributed by atoms with Crippen molar-refractivity contribution in [2.75, 3.05) is 6.54 Å². The minimum Gasteiger partial charge on any atom is -0.548 e. The Morgan fingerprint density at radius 2 is 2.16 bits per heavy atom. The second-order valence-electron chi connectivity index (χ2n) is 2.95. The van der Waals surface area contributed by atoms with Gasteiger partial charge in [0.15, 0.2) is 5.76 Å². The summed E-state index contributed by atoms with van der Waals surface area (Å²) in [5, 5.41) is 24.4. The summed E-state index contributed by atoms with van der Waals surface area (Å²) >= 11 is 0. The van der Waals surface area contributed by atoms with Gasteiger partial charge in [-0.25, -0.2) is 9.80 Å². The summed E-state index contributed by atoms with van der Waals surface area (Å²) in [7, 11) is 0.